The fourth-order valence-electron chi connectivity index (χ4n) is 1.79. The van der Waals surface area contributed by atoms with Gasteiger partial charge in [-0.3, -0.25) is 0 Å². The average molecular weight is 283 g/mol. The molecule has 12 heavy (non-hydrogen) atoms. The van der Waals surface area contributed by atoms with Crippen molar-refractivity contribution in [3.63, 3.8) is 0 Å². The maximum Gasteiger partial charge on any atom is 2.00 e. The van der Waals surface area contributed by atoms with Crippen molar-refractivity contribution < 1.29 is 19.5 Å². The Hall–Kier alpha value is 1.10. The maximum absolute atomic E-state index is 3.87. The first-order chi connectivity index (χ1) is 5.34. The van der Waals surface area contributed by atoms with E-state index in [-0.39, 0.29) is 19.5 Å². The van der Waals surface area contributed by atoms with Crippen LogP contribution in [0.1, 0.15) is 44.9 Å². The molecule has 0 heterocycles. The molecule has 0 saturated heterocycles. The topological polar surface area (TPSA) is 0 Å². The second-order valence-corrected chi connectivity index (χ2v) is 4.40. The maximum atomic E-state index is 3.87. The van der Waals surface area contributed by atoms with Crippen LogP contribution in [0.2, 0.25) is 0 Å². The zero-order valence-electron chi connectivity index (χ0n) is 7.82. The molecule has 0 aromatic rings. The number of hydrogen-bond donors (Lipinski definition) is 0. The minimum absolute atomic E-state index is 0. The number of halogens is 1. The second kappa shape index (κ2) is 7.50. The Labute approximate surface area is 97.8 Å². The molecule has 1 saturated carbocycles. The molecule has 1 rings (SSSR count). The van der Waals surface area contributed by atoms with Crippen LogP contribution in [0, 0.1) is 17.7 Å². The van der Waals surface area contributed by atoms with Gasteiger partial charge in [0.2, 0.25) is 0 Å². The van der Waals surface area contributed by atoms with Crippen LogP contribution in [0.3, 0.4) is 0 Å². The fraction of sp³-hybridized carbons (Fsp3) is 0.800. The molecular formula is C10H17BrZn. The minimum atomic E-state index is 0. The average Bonchev–Trinajstić information content (AvgIpc) is 2.07. The van der Waals surface area contributed by atoms with Gasteiger partial charge in [0.05, 0.1) is 0 Å². The molecule has 0 aromatic heterocycles. The fourth-order valence-corrected chi connectivity index (χ4v) is 2.53. The molecule has 0 nitrogen and oxygen atoms in total. The molecule has 1 fully saturated rings. The van der Waals surface area contributed by atoms with Gasteiger partial charge in [0.1, 0.15) is 0 Å². The predicted octanol–water partition coefficient (Wildman–Crippen LogP) is 4.11. The van der Waals surface area contributed by atoms with Gasteiger partial charge >= 0.3 is 19.5 Å². The van der Waals surface area contributed by atoms with Gasteiger partial charge in [0, 0.05) is 0 Å². The number of rotatable bonds is 3. The van der Waals surface area contributed by atoms with Gasteiger partial charge in [-0.25, -0.2) is 11.2 Å². The molecule has 1 aliphatic rings. The summed E-state index contributed by atoms with van der Waals surface area (Å²) in [7, 11) is 0. The van der Waals surface area contributed by atoms with Crippen LogP contribution in [0.5, 0.6) is 0 Å². The third-order valence-corrected chi connectivity index (χ3v) is 3.51. The van der Waals surface area contributed by atoms with E-state index in [4.69, 9.17) is 0 Å². The van der Waals surface area contributed by atoms with Crippen molar-refractivity contribution in [2.24, 2.45) is 5.92 Å². The van der Waals surface area contributed by atoms with Gasteiger partial charge in [-0.05, 0) is 0 Å². The molecule has 0 amide bonds. The second-order valence-electron chi connectivity index (χ2n) is 3.39. The van der Waals surface area contributed by atoms with Crippen molar-refractivity contribution in [2.75, 3.05) is 0 Å². The van der Waals surface area contributed by atoms with E-state index in [2.05, 4.69) is 22.9 Å². The first kappa shape index (κ1) is 13.1. The molecule has 0 radical (unpaired) electrons. The van der Waals surface area contributed by atoms with E-state index < -0.39 is 0 Å². The van der Waals surface area contributed by atoms with E-state index in [9.17, 15) is 0 Å². The normalized spacial score (nSPS) is 19.2. The molecule has 2 heteroatoms. The quantitative estimate of drug-likeness (QED) is 0.540. The van der Waals surface area contributed by atoms with Crippen LogP contribution < -0.4 is 0 Å². The summed E-state index contributed by atoms with van der Waals surface area (Å²) < 4.78 is 0. The largest absolute Gasteiger partial charge is 2.00 e. The monoisotopic (exact) mass is 280 g/mol. The van der Waals surface area contributed by atoms with E-state index in [1.807, 2.05) is 0 Å². The molecule has 0 aromatic carbocycles. The molecule has 0 atom stereocenters. The van der Waals surface area contributed by atoms with Crippen LogP contribution >= 0.6 is 15.9 Å². The van der Waals surface area contributed by atoms with E-state index in [1.54, 1.807) is 0 Å². The van der Waals surface area contributed by atoms with Crippen molar-refractivity contribution >= 4 is 15.9 Å². The summed E-state index contributed by atoms with van der Waals surface area (Å²) in [5.41, 5.74) is 0. The molecule has 0 N–H and O–H groups in total. The van der Waals surface area contributed by atoms with Crippen LogP contribution in [0.25, 0.3) is 0 Å². The Kier molecular flexibility index (Phi) is 8.19. The Morgan fingerprint density at radius 1 is 1.25 bits per heavy atom. The standard InChI is InChI=1S/C10H17Br.Zn/c1-2-6-10(11)9-7-4-3-5-8-9;/h9H,1-8H2;/q-2;+2. The van der Waals surface area contributed by atoms with Crippen LogP contribution in [0.15, 0.2) is 0 Å². The SMILES string of the molecule is [CH2-]CC[C-](Br)C1CCCCC1.[Zn+2]. The third kappa shape index (κ3) is 4.37. The van der Waals surface area contributed by atoms with Crippen LogP contribution in [-0.4, -0.2) is 0 Å². The predicted molar refractivity (Wildman–Crippen MR) is 53.3 cm³/mol. The van der Waals surface area contributed by atoms with Gasteiger partial charge in [0.15, 0.2) is 0 Å². The minimum Gasteiger partial charge on any atom is -0.346 e. The van der Waals surface area contributed by atoms with Gasteiger partial charge in [-0.2, -0.15) is 12.3 Å². The molecule has 0 bridgehead atoms. The van der Waals surface area contributed by atoms with Crippen LogP contribution in [0.4, 0.5) is 0 Å². The Morgan fingerprint density at radius 3 is 2.33 bits per heavy atom. The van der Waals surface area contributed by atoms with Crippen molar-refractivity contribution in [3.8, 4) is 0 Å². The van der Waals surface area contributed by atoms with E-state index >= 15 is 0 Å². The summed E-state index contributed by atoms with van der Waals surface area (Å²) in [6, 6.07) is 0. The zero-order chi connectivity index (χ0) is 8.10. The molecular weight excluding hydrogens is 265 g/mol. The summed E-state index contributed by atoms with van der Waals surface area (Å²) in [5, 5.41) is 0. The van der Waals surface area contributed by atoms with Crippen molar-refractivity contribution in [3.05, 3.63) is 11.8 Å². The Morgan fingerprint density at radius 2 is 1.83 bits per heavy atom. The Bertz CT molecular complexity index is 100. The number of hydrogen-bond acceptors (Lipinski definition) is 0. The van der Waals surface area contributed by atoms with Gasteiger partial charge in [0.25, 0.3) is 0 Å². The van der Waals surface area contributed by atoms with Crippen molar-refractivity contribution in [1.29, 1.82) is 0 Å². The van der Waals surface area contributed by atoms with E-state index in [0.717, 1.165) is 12.3 Å². The zero-order valence-corrected chi connectivity index (χ0v) is 12.4. The molecule has 1 aliphatic carbocycles. The van der Waals surface area contributed by atoms with Gasteiger partial charge < -0.3 is 22.9 Å². The summed E-state index contributed by atoms with van der Waals surface area (Å²) >= 11 is 3.68. The molecule has 0 spiro atoms. The first-order valence-corrected chi connectivity index (χ1v) is 5.44. The third-order valence-electron chi connectivity index (χ3n) is 2.46. The van der Waals surface area contributed by atoms with Crippen molar-refractivity contribution in [1.82, 2.24) is 0 Å². The molecule has 0 aliphatic heterocycles. The Balaban J connectivity index is 0.00000121. The summed E-state index contributed by atoms with van der Waals surface area (Å²) in [6.45, 7) is 3.87. The van der Waals surface area contributed by atoms with Gasteiger partial charge in [-0.15, -0.1) is 0 Å². The smallest absolute Gasteiger partial charge is 0.346 e. The first-order valence-electron chi connectivity index (χ1n) is 4.65. The van der Waals surface area contributed by atoms with E-state index in [0.29, 0.717) is 0 Å². The molecule has 66 valence electrons. The van der Waals surface area contributed by atoms with E-state index in [1.165, 1.54) is 43.4 Å². The summed E-state index contributed by atoms with van der Waals surface area (Å²) in [4.78, 5) is 1.52. The van der Waals surface area contributed by atoms with Crippen LogP contribution in [-0.2, 0) is 19.5 Å². The van der Waals surface area contributed by atoms with Crippen molar-refractivity contribution in [2.45, 2.75) is 44.9 Å². The summed E-state index contributed by atoms with van der Waals surface area (Å²) in [6.07, 6.45) is 9.32. The molecule has 0 unspecified atom stereocenters. The summed E-state index contributed by atoms with van der Waals surface area (Å²) in [5.74, 6) is 0.866. The van der Waals surface area contributed by atoms with Gasteiger partial charge in [-0.1, -0.05) is 32.1 Å².